The van der Waals surface area contributed by atoms with Gasteiger partial charge < -0.3 is 14.8 Å². The highest BCUT2D eigenvalue weighted by Crippen LogP contribution is 2.23. The molecule has 0 aliphatic rings. The topological polar surface area (TPSA) is 74.1 Å². The Morgan fingerprint density at radius 2 is 1.91 bits per heavy atom. The molecule has 0 radical (unpaired) electrons. The summed E-state index contributed by atoms with van der Waals surface area (Å²) in [4.78, 5) is 0. The van der Waals surface area contributed by atoms with E-state index in [0.29, 0.717) is 0 Å². The van der Waals surface area contributed by atoms with E-state index in [1.807, 2.05) is 37.4 Å². The van der Waals surface area contributed by atoms with Gasteiger partial charge in [-0.1, -0.05) is 24.3 Å². The summed E-state index contributed by atoms with van der Waals surface area (Å²) in [6, 6.07) is 11.9. The van der Waals surface area contributed by atoms with Gasteiger partial charge in [-0.2, -0.15) is 5.10 Å². The Kier molecular flexibility index (Phi) is 4.90. The van der Waals surface area contributed by atoms with Crippen LogP contribution < -0.4 is 5.32 Å². The van der Waals surface area contributed by atoms with Gasteiger partial charge in [0.1, 0.15) is 11.5 Å². The number of furan rings is 1. The van der Waals surface area contributed by atoms with Crippen molar-refractivity contribution < 1.29 is 9.52 Å². The minimum Gasteiger partial charge on any atom is -0.460 e. The third-order valence-electron chi connectivity index (χ3n) is 3.82. The predicted octanol–water partition coefficient (Wildman–Crippen LogP) is 2.80. The molecular weight excluding hydrogens is 290 g/mol. The van der Waals surface area contributed by atoms with E-state index in [2.05, 4.69) is 27.6 Å². The fourth-order valence-corrected chi connectivity index (χ4v) is 2.49. The fraction of sp³-hybridized carbons (Fsp3) is 0.278. The van der Waals surface area contributed by atoms with Crippen LogP contribution in [0.25, 0.3) is 11.5 Å². The molecule has 0 saturated carbocycles. The predicted molar refractivity (Wildman–Crippen MR) is 88.8 cm³/mol. The van der Waals surface area contributed by atoms with Crippen molar-refractivity contribution in [2.75, 3.05) is 6.54 Å². The first kappa shape index (κ1) is 15.5. The van der Waals surface area contributed by atoms with E-state index in [1.165, 1.54) is 5.56 Å². The lowest BCUT2D eigenvalue weighted by Crippen LogP contribution is -2.16. The van der Waals surface area contributed by atoms with Crippen LogP contribution in [0.1, 0.15) is 22.5 Å². The van der Waals surface area contributed by atoms with Crippen LogP contribution in [0.2, 0.25) is 0 Å². The van der Waals surface area contributed by atoms with E-state index in [-0.39, 0.29) is 6.61 Å². The number of aromatic nitrogens is 2. The van der Waals surface area contributed by atoms with E-state index >= 15 is 0 Å². The zero-order valence-electron chi connectivity index (χ0n) is 13.2. The lowest BCUT2D eigenvalue weighted by atomic mass is 10.1. The van der Waals surface area contributed by atoms with Gasteiger partial charge in [-0.3, -0.25) is 5.10 Å². The summed E-state index contributed by atoms with van der Waals surface area (Å²) in [7, 11) is 0. The number of hydrogen-bond donors (Lipinski definition) is 3. The quantitative estimate of drug-likeness (QED) is 0.587. The van der Waals surface area contributed by atoms with Crippen molar-refractivity contribution >= 4 is 0 Å². The number of nitrogens with one attached hydrogen (secondary N) is 2. The van der Waals surface area contributed by atoms with Crippen molar-refractivity contribution in [2.24, 2.45) is 0 Å². The first-order valence-electron chi connectivity index (χ1n) is 7.74. The normalized spacial score (nSPS) is 11.0. The Bertz CT molecular complexity index is 744. The van der Waals surface area contributed by atoms with Crippen molar-refractivity contribution in [3.05, 3.63) is 65.0 Å². The smallest absolute Gasteiger partial charge is 0.152 e. The zero-order chi connectivity index (χ0) is 16.1. The molecule has 0 aliphatic carbocycles. The molecule has 0 spiro atoms. The Morgan fingerprint density at radius 1 is 1.13 bits per heavy atom. The van der Waals surface area contributed by atoms with Gasteiger partial charge in [-0.05, 0) is 43.1 Å². The van der Waals surface area contributed by atoms with E-state index in [4.69, 9.17) is 9.52 Å². The average molecular weight is 311 g/mol. The second kappa shape index (κ2) is 7.26. The maximum absolute atomic E-state index is 9.04. The van der Waals surface area contributed by atoms with E-state index in [0.717, 1.165) is 47.9 Å². The number of rotatable bonds is 7. The third kappa shape index (κ3) is 3.88. The summed E-state index contributed by atoms with van der Waals surface area (Å²) in [6.45, 7) is 3.63. The van der Waals surface area contributed by atoms with E-state index < -0.39 is 0 Å². The third-order valence-corrected chi connectivity index (χ3v) is 3.82. The highest BCUT2D eigenvalue weighted by atomic mass is 16.3. The van der Waals surface area contributed by atoms with Crippen LogP contribution in [0, 0.1) is 6.92 Å². The molecule has 0 amide bonds. The van der Waals surface area contributed by atoms with Crippen molar-refractivity contribution in [3.8, 4) is 11.5 Å². The van der Waals surface area contributed by atoms with Crippen LogP contribution >= 0.6 is 0 Å². The van der Waals surface area contributed by atoms with Gasteiger partial charge >= 0.3 is 0 Å². The summed E-state index contributed by atoms with van der Waals surface area (Å²) in [5, 5.41) is 19.6. The number of aryl methyl sites for hydroxylation is 1. The van der Waals surface area contributed by atoms with Gasteiger partial charge in [0.2, 0.25) is 0 Å². The molecule has 1 aromatic carbocycles. The molecule has 3 aromatic rings. The van der Waals surface area contributed by atoms with Crippen LogP contribution in [-0.4, -0.2) is 21.8 Å². The number of benzene rings is 1. The highest BCUT2D eigenvalue weighted by Gasteiger charge is 2.10. The van der Waals surface area contributed by atoms with Gasteiger partial charge in [0.25, 0.3) is 0 Å². The van der Waals surface area contributed by atoms with Crippen LogP contribution in [0.15, 0.2) is 47.0 Å². The summed E-state index contributed by atoms with van der Waals surface area (Å²) in [5.74, 6) is 1.70. The second-order valence-electron chi connectivity index (χ2n) is 5.58. The Morgan fingerprint density at radius 3 is 2.61 bits per heavy atom. The van der Waals surface area contributed by atoms with Gasteiger partial charge in [-0.15, -0.1) is 0 Å². The molecule has 3 N–H and O–H groups in total. The lowest BCUT2D eigenvalue weighted by Gasteiger charge is -2.06. The van der Waals surface area contributed by atoms with E-state index in [9.17, 15) is 0 Å². The maximum Gasteiger partial charge on any atom is 0.152 e. The van der Waals surface area contributed by atoms with Crippen molar-refractivity contribution in [1.29, 1.82) is 0 Å². The molecule has 0 bridgehead atoms. The SMILES string of the molecule is Cc1ccc(-c2[nH]ncc2CNCCc2ccc(CO)cc2)o1. The molecule has 120 valence electrons. The number of H-pyrrole nitrogens is 1. The van der Waals surface area contributed by atoms with Crippen LogP contribution in [0.4, 0.5) is 0 Å². The molecule has 0 aliphatic heterocycles. The van der Waals surface area contributed by atoms with E-state index in [1.54, 1.807) is 0 Å². The van der Waals surface area contributed by atoms with Crippen LogP contribution in [-0.2, 0) is 19.6 Å². The number of aliphatic hydroxyl groups excluding tert-OH is 1. The average Bonchev–Trinajstić information content (AvgIpc) is 3.20. The largest absolute Gasteiger partial charge is 0.460 e. The molecule has 0 unspecified atom stereocenters. The van der Waals surface area contributed by atoms with Crippen molar-refractivity contribution in [3.63, 3.8) is 0 Å². The Labute approximate surface area is 135 Å². The number of aromatic amines is 1. The minimum absolute atomic E-state index is 0.0913. The lowest BCUT2D eigenvalue weighted by molar-refractivity contribution is 0.282. The minimum atomic E-state index is 0.0913. The van der Waals surface area contributed by atoms with Gasteiger partial charge in [0.15, 0.2) is 5.76 Å². The number of aliphatic hydroxyl groups is 1. The molecule has 5 nitrogen and oxygen atoms in total. The van der Waals surface area contributed by atoms with Crippen molar-refractivity contribution in [2.45, 2.75) is 26.5 Å². The van der Waals surface area contributed by atoms with Crippen LogP contribution in [0.5, 0.6) is 0 Å². The summed E-state index contributed by atoms with van der Waals surface area (Å²) in [5.41, 5.74) is 4.22. The summed E-state index contributed by atoms with van der Waals surface area (Å²) < 4.78 is 5.65. The molecule has 3 rings (SSSR count). The molecule has 5 heteroatoms. The summed E-state index contributed by atoms with van der Waals surface area (Å²) in [6.07, 6.45) is 2.77. The van der Waals surface area contributed by atoms with Gasteiger partial charge in [0.05, 0.1) is 12.8 Å². The standard InChI is InChI=1S/C18H21N3O2/c1-13-2-7-17(23-13)18-16(11-20-21-18)10-19-9-8-14-3-5-15(12-22)6-4-14/h2-7,11,19,22H,8-10,12H2,1H3,(H,20,21). The monoisotopic (exact) mass is 311 g/mol. The molecular formula is C18H21N3O2. The maximum atomic E-state index is 9.04. The molecule has 0 saturated heterocycles. The first-order chi connectivity index (χ1) is 11.3. The molecule has 0 atom stereocenters. The van der Waals surface area contributed by atoms with Crippen molar-refractivity contribution in [1.82, 2.24) is 15.5 Å². The molecule has 2 heterocycles. The van der Waals surface area contributed by atoms with Gasteiger partial charge in [0, 0.05) is 12.1 Å². The fourth-order valence-electron chi connectivity index (χ4n) is 2.49. The molecule has 0 fully saturated rings. The Balaban J connectivity index is 1.52. The highest BCUT2D eigenvalue weighted by molar-refractivity contribution is 5.56. The second-order valence-corrected chi connectivity index (χ2v) is 5.58. The number of hydrogen-bond acceptors (Lipinski definition) is 4. The summed E-state index contributed by atoms with van der Waals surface area (Å²) >= 11 is 0. The molecule has 2 aromatic heterocycles. The van der Waals surface area contributed by atoms with Crippen LogP contribution in [0.3, 0.4) is 0 Å². The zero-order valence-corrected chi connectivity index (χ0v) is 13.2. The number of nitrogens with zero attached hydrogens (tertiary/aromatic N) is 1. The first-order valence-corrected chi connectivity index (χ1v) is 7.74. The molecule has 23 heavy (non-hydrogen) atoms. The Hall–Kier alpha value is -2.37. The van der Waals surface area contributed by atoms with Gasteiger partial charge in [-0.25, -0.2) is 0 Å².